The molecule has 2 aromatic rings. The molecule has 0 bridgehead atoms. The Morgan fingerprint density at radius 1 is 1.42 bits per heavy atom. The Hall–Kier alpha value is -3.48. The average molecular weight is 347 g/mol. The predicted octanol–water partition coefficient (Wildman–Crippen LogP) is 2.33. The number of allylic oxidation sites excluding steroid dienone is 3. The molecular formula is C19H17N5O2. The number of rotatable bonds is 5. The number of pyridine rings is 1. The van der Waals surface area contributed by atoms with Gasteiger partial charge in [0.25, 0.3) is 11.5 Å². The molecule has 7 nitrogen and oxygen atoms in total. The molecule has 0 radical (unpaired) electrons. The van der Waals surface area contributed by atoms with Crippen LogP contribution in [0.15, 0.2) is 59.8 Å². The van der Waals surface area contributed by atoms with Crippen molar-refractivity contribution in [1.82, 2.24) is 19.9 Å². The second-order valence-corrected chi connectivity index (χ2v) is 6.43. The highest BCUT2D eigenvalue weighted by atomic mass is 16.2. The lowest BCUT2D eigenvalue weighted by atomic mass is 9.96. The van der Waals surface area contributed by atoms with Crippen molar-refractivity contribution in [3.8, 4) is 0 Å². The molecule has 7 heteroatoms. The van der Waals surface area contributed by atoms with Crippen molar-refractivity contribution in [2.75, 3.05) is 5.32 Å². The summed E-state index contributed by atoms with van der Waals surface area (Å²) >= 11 is 0. The zero-order valence-electron chi connectivity index (χ0n) is 14.2. The van der Waals surface area contributed by atoms with Gasteiger partial charge < -0.3 is 10.6 Å². The molecule has 26 heavy (non-hydrogen) atoms. The molecule has 1 amide bonds. The number of aromatic nitrogens is 3. The minimum Gasteiger partial charge on any atom is -0.336 e. The van der Waals surface area contributed by atoms with Gasteiger partial charge in [-0.05, 0) is 24.6 Å². The zero-order valence-corrected chi connectivity index (χ0v) is 14.2. The van der Waals surface area contributed by atoms with E-state index >= 15 is 0 Å². The van der Waals surface area contributed by atoms with E-state index in [0.29, 0.717) is 29.2 Å². The van der Waals surface area contributed by atoms with E-state index in [-0.39, 0.29) is 11.5 Å². The molecule has 2 N–H and O–H groups in total. The van der Waals surface area contributed by atoms with Crippen molar-refractivity contribution in [3.05, 3.63) is 76.6 Å². The molecule has 130 valence electrons. The minimum atomic E-state index is -0.846. The molecule has 4 rings (SSSR count). The average Bonchev–Trinajstić information content (AvgIpc) is 2.86. The number of carbonyl (C=O) groups excluding carboxylic acids is 1. The molecule has 0 saturated carbocycles. The van der Waals surface area contributed by atoms with E-state index in [1.807, 2.05) is 25.2 Å². The van der Waals surface area contributed by atoms with Crippen LogP contribution < -0.4 is 16.2 Å². The Labute approximate surface area is 149 Å². The van der Waals surface area contributed by atoms with Crippen LogP contribution in [0, 0.1) is 0 Å². The first-order valence-electron chi connectivity index (χ1n) is 8.17. The number of amides is 1. The van der Waals surface area contributed by atoms with Gasteiger partial charge in [0.1, 0.15) is 29.2 Å². The monoisotopic (exact) mass is 347 g/mol. The van der Waals surface area contributed by atoms with Gasteiger partial charge >= 0.3 is 0 Å². The van der Waals surface area contributed by atoms with Crippen LogP contribution in [-0.4, -0.2) is 20.4 Å². The lowest BCUT2D eigenvalue weighted by Crippen LogP contribution is -2.45. The van der Waals surface area contributed by atoms with Crippen LogP contribution in [0.1, 0.15) is 29.4 Å². The molecule has 1 aliphatic carbocycles. The Bertz CT molecular complexity index is 1040. The third-order valence-electron chi connectivity index (χ3n) is 4.56. The maximum absolute atomic E-state index is 13.2. The van der Waals surface area contributed by atoms with Gasteiger partial charge in [-0.3, -0.25) is 14.2 Å². The molecule has 3 heterocycles. The summed E-state index contributed by atoms with van der Waals surface area (Å²) in [4.78, 5) is 33.7. The zero-order chi connectivity index (χ0) is 18.3. The van der Waals surface area contributed by atoms with E-state index in [1.54, 1.807) is 24.4 Å². The summed E-state index contributed by atoms with van der Waals surface area (Å²) in [6, 6.07) is 3.29. The van der Waals surface area contributed by atoms with Gasteiger partial charge in [-0.25, -0.2) is 9.97 Å². The first-order valence-corrected chi connectivity index (χ1v) is 8.17. The van der Waals surface area contributed by atoms with Crippen LogP contribution in [0.5, 0.6) is 0 Å². The fourth-order valence-electron chi connectivity index (χ4n) is 3.32. The van der Waals surface area contributed by atoms with E-state index in [9.17, 15) is 9.59 Å². The lowest BCUT2D eigenvalue weighted by molar-refractivity contribution is 0.0927. The van der Waals surface area contributed by atoms with Gasteiger partial charge in [0.2, 0.25) is 0 Å². The topological polar surface area (TPSA) is 88.9 Å². The Balaban J connectivity index is 1.86. The fraction of sp³-hybridized carbons (Fsp3) is 0.158. The Morgan fingerprint density at radius 2 is 2.23 bits per heavy atom. The maximum atomic E-state index is 13.2. The Kier molecular flexibility index (Phi) is 3.57. The van der Waals surface area contributed by atoms with Crippen LogP contribution in [0.2, 0.25) is 0 Å². The van der Waals surface area contributed by atoms with Crippen molar-refractivity contribution in [2.24, 2.45) is 0 Å². The first-order chi connectivity index (χ1) is 12.5. The van der Waals surface area contributed by atoms with Crippen LogP contribution >= 0.6 is 0 Å². The highest BCUT2D eigenvalue weighted by Crippen LogP contribution is 2.32. The summed E-state index contributed by atoms with van der Waals surface area (Å²) in [5.41, 5.74) is 1.16. The van der Waals surface area contributed by atoms with Gasteiger partial charge in [-0.2, -0.15) is 0 Å². The smallest absolute Gasteiger partial charge is 0.276 e. The van der Waals surface area contributed by atoms with Crippen LogP contribution in [0.3, 0.4) is 0 Å². The molecule has 2 aromatic heterocycles. The minimum absolute atomic E-state index is 0.281. The number of fused-ring (bicyclic) bond motifs is 1. The normalized spacial score (nSPS) is 20.0. The quantitative estimate of drug-likeness (QED) is 0.866. The third kappa shape index (κ3) is 2.45. The third-order valence-corrected chi connectivity index (χ3v) is 4.56. The van der Waals surface area contributed by atoms with Crippen molar-refractivity contribution in [1.29, 1.82) is 0 Å². The maximum Gasteiger partial charge on any atom is 0.276 e. The number of nitrogens with zero attached hydrogens (tertiary/aromatic N) is 3. The molecule has 0 fully saturated rings. The van der Waals surface area contributed by atoms with Gasteiger partial charge in [-0.15, -0.1) is 0 Å². The number of nitrogens with one attached hydrogen (secondary N) is 2. The van der Waals surface area contributed by atoms with Crippen molar-refractivity contribution in [3.63, 3.8) is 0 Å². The van der Waals surface area contributed by atoms with Gasteiger partial charge in [0.05, 0.1) is 0 Å². The largest absolute Gasteiger partial charge is 0.336 e. The number of anilines is 2. The molecule has 1 atom stereocenters. The number of hydrogen-bond donors (Lipinski definition) is 2. The van der Waals surface area contributed by atoms with Gasteiger partial charge in [0, 0.05) is 18.2 Å². The summed E-state index contributed by atoms with van der Waals surface area (Å²) in [6.45, 7) is 5.63. The van der Waals surface area contributed by atoms with E-state index in [1.165, 1.54) is 10.9 Å². The fourth-order valence-corrected chi connectivity index (χ4v) is 3.32. The second kappa shape index (κ2) is 5.80. The van der Waals surface area contributed by atoms with Crippen molar-refractivity contribution < 1.29 is 4.79 Å². The van der Waals surface area contributed by atoms with Gasteiger partial charge in [0.15, 0.2) is 0 Å². The molecule has 0 spiro atoms. The first kappa shape index (κ1) is 16.0. The summed E-state index contributed by atoms with van der Waals surface area (Å²) in [7, 11) is 0. The molecule has 1 unspecified atom stereocenters. The molecule has 1 aliphatic heterocycles. The molecule has 0 aromatic carbocycles. The standard InChI is InChI=1S/C19H17N5O2/c1-3-13-9-14(22-15-7-8-20-11-21-15)18(26)24-16(13)17(25)23-19(24,2)10-12-5-4-6-12/h3-9,11H,1,10H2,2H3,(H,23,25)(H,20,21,22). The predicted molar refractivity (Wildman–Crippen MR) is 99.1 cm³/mol. The van der Waals surface area contributed by atoms with Gasteiger partial charge in [-0.1, -0.05) is 30.9 Å². The lowest BCUT2D eigenvalue weighted by Gasteiger charge is -2.29. The van der Waals surface area contributed by atoms with Crippen molar-refractivity contribution >= 4 is 23.5 Å². The molecule has 0 saturated heterocycles. The number of hydrogen-bond acceptors (Lipinski definition) is 5. The molecular weight excluding hydrogens is 330 g/mol. The Morgan fingerprint density at radius 3 is 2.85 bits per heavy atom. The second-order valence-electron chi connectivity index (χ2n) is 6.43. The van der Waals surface area contributed by atoms with E-state index in [0.717, 1.165) is 5.57 Å². The summed E-state index contributed by atoms with van der Waals surface area (Å²) in [6.07, 6.45) is 10.9. The van der Waals surface area contributed by atoms with Crippen LogP contribution in [0.4, 0.5) is 11.5 Å². The summed E-state index contributed by atoms with van der Waals surface area (Å²) < 4.78 is 1.52. The SMILES string of the molecule is C=Cc1cc(Nc2ccncn2)c(=O)n2c1C(=O)NC2(C)CC1=CC=C1. The summed E-state index contributed by atoms with van der Waals surface area (Å²) in [5.74, 6) is 0.216. The number of carbonyl (C=O) groups is 1. The highest BCUT2D eigenvalue weighted by molar-refractivity contribution is 5.99. The highest BCUT2D eigenvalue weighted by Gasteiger charge is 2.41. The van der Waals surface area contributed by atoms with Crippen LogP contribution in [-0.2, 0) is 5.66 Å². The van der Waals surface area contributed by atoms with E-state index < -0.39 is 5.66 Å². The summed E-state index contributed by atoms with van der Waals surface area (Å²) in [5, 5.41) is 5.96. The van der Waals surface area contributed by atoms with E-state index in [2.05, 4.69) is 27.2 Å². The van der Waals surface area contributed by atoms with E-state index in [4.69, 9.17) is 0 Å². The van der Waals surface area contributed by atoms with Crippen molar-refractivity contribution in [2.45, 2.75) is 19.0 Å². The van der Waals surface area contributed by atoms with Crippen LogP contribution in [0.25, 0.3) is 6.08 Å². The molecule has 2 aliphatic rings.